The second-order valence-corrected chi connectivity index (χ2v) is 6.77. The van der Waals surface area contributed by atoms with E-state index >= 15 is 0 Å². The predicted molar refractivity (Wildman–Crippen MR) is 96.3 cm³/mol. The standard InChI is InChI=1S/C17H23N3O3S/c1-3-12(2)18-16(22)13-6-4-5-7-14(13)19-15(21)8-9-20-10-11-24-17(20)23/h4-7,12H,3,8-11H2,1-2H3,(H,18,22)(H,19,21)/t12-/m0/s1. The summed E-state index contributed by atoms with van der Waals surface area (Å²) in [5.41, 5.74) is 0.935. The van der Waals surface area contributed by atoms with E-state index in [1.165, 1.54) is 11.8 Å². The van der Waals surface area contributed by atoms with Gasteiger partial charge in [0, 0.05) is 31.3 Å². The van der Waals surface area contributed by atoms with Crippen LogP contribution < -0.4 is 10.6 Å². The zero-order valence-corrected chi connectivity index (χ0v) is 14.8. The highest BCUT2D eigenvalue weighted by Gasteiger charge is 2.21. The molecule has 0 aromatic heterocycles. The van der Waals surface area contributed by atoms with Gasteiger partial charge in [-0.3, -0.25) is 14.4 Å². The second-order valence-electron chi connectivity index (χ2n) is 5.73. The van der Waals surface area contributed by atoms with Crippen molar-refractivity contribution in [2.24, 2.45) is 0 Å². The molecule has 130 valence electrons. The molecule has 2 N–H and O–H groups in total. The Morgan fingerprint density at radius 1 is 1.33 bits per heavy atom. The van der Waals surface area contributed by atoms with Gasteiger partial charge in [-0.1, -0.05) is 30.8 Å². The molecule has 2 rings (SSSR count). The summed E-state index contributed by atoms with van der Waals surface area (Å²) in [5, 5.41) is 5.70. The number of thioether (sulfide) groups is 1. The number of amides is 3. The van der Waals surface area contributed by atoms with Gasteiger partial charge in [0.25, 0.3) is 11.1 Å². The van der Waals surface area contributed by atoms with Gasteiger partial charge in [0.2, 0.25) is 5.91 Å². The molecule has 1 fully saturated rings. The monoisotopic (exact) mass is 349 g/mol. The summed E-state index contributed by atoms with van der Waals surface area (Å²) in [7, 11) is 0. The highest BCUT2D eigenvalue weighted by molar-refractivity contribution is 8.13. The molecule has 24 heavy (non-hydrogen) atoms. The smallest absolute Gasteiger partial charge is 0.281 e. The first kappa shape index (κ1) is 18.3. The topological polar surface area (TPSA) is 78.5 Å². The van der Waals surface area contributed by atoms with Crippen molar-refractivity contribution in [3.05, 3.63) is 29.8 Å². The lowest BCUT2D eigenvalue weighted by molar-refractivity contribution is -0.116. The van der Waals surface area contributed by atoms with Gasteiger partial charge >= 0.3 is 0 Å². The predicted octanol–water partition coefficient (Wildman–Crippen LogP) is 2.71. The minimum atomic E-state index is -0.205. The lowest BCUT2D eigenvalue weighted by atomic mass is 10.1. The largest absolute Gasteiger partial charge is 0.350 e. The van der Waals surface area contributed by atoms with E-state index in [0.717, 1.165) is 12.2 Å². The number of benzene rings is 1. The Bertz CT molecular complexity index is 621. The number of nitrogens with zero attached hydrogens (tertiary/aromatic N) is 1. The molecular formula is C17H23N3O3S. The molecule has 0 unspecified atom stereocenters. The summed E-state index contributed by atoms with van der Waals surface area (Å²) in [6.45, 7) is 5.02. The Kier molecular flexibility index (Phi) is 6.66. The molecule has 0 saturated carbocycles. The van der Waals surface area contributed by atoms with E-state index in [0.29, 0.717) is 24.3 Å². The number of carbonyl (C=O) groups excluding carboxylic acids is 3. The highest BCUT2D eigenvalue weighted by Crippen LogP contribution is 2.18. The van der Waals surface area contributed by atoms with Crippen LogP contribution in [0.15, 0.2) is 24.3 Å². The average molecular weight is 349 g/mol. The van der Waals surface area contributed by atoms with E-state index in [-0.39, 0.29) is 29.5 Å². The molecule has 1 aromatic carbocycles. The number of nitrogens with one attached hydrogen (secondary N) is 2. The average Bonchev–Trinajstić information content (AvgIpc) is 2.98. The minimum Gasteiger partial charge on any atom is -0.350 e. The molecule has 3 amide bonds. The number of rotatable bonds is 7. The van der Waals surface area contributed by atoms with Crippen LogP contribution in [0.5, 0.6) is 0 Å². The molecule has 1 aromatic rings. The third-order valence-corrected chi connectivity index (χ3v) is 4.78. The van der Waals surface area contributed by atoms with Crippen LogP contribution in [0.3, 0.4) is 0 Å². The van der Waals surface area contributed by atoms with Gasteiger partial charge in [0.05, 0.1) is 11.3 Å². The lowest BCUT2D eigenvalue weighted by Crippen LogP contribution is -2.33. The van der Waals surface area contributed by atoms with Crippen LogP contribution in [0.4, 0.5) is 10.5 Å². The Balaban J connectivity index is 1.95. The van der Waals surface area contributed by atoms with Gasteiger partial charge in [0.1, 0.15) is 0 Å². The first-order valence-corrected chi connectivity index (χ1v) is 9.11. The summed E-state index contributed by atoms with van der Waals surface area (Å²) in [6, 6.07) is 7.01. The third kappa shape index (κ3) is 4.99. The van der Waals surface area contributed by atoms with Crippen molar-refractivity contribution in [3.8, 4) is 0 Å². The summed E-state index contributed by atoms with van der Waals surface area (Å²) in [6.07, 6.45) is 1.05. The van der Waals surface area contributed by atoms with Crippen molar-refractivity contribution in [3.63, 3.8) is 0 Å². The molecule has 0 radical (unpaired) electrons. The summed E-state index contributed by atoms with van der Waals surface area (Å²) >= 11 is 1.28. The van der Waals surface area contributed by atoms with Crippen molar-refractivity contribution in [2.45, 2.75) is 32.7 Å². The second kappa shape index (κ2) is 8.73. The van der Waals surface area contributed by atoms with E-state index in [1.54, 1.807) is 29.2 Å². The molecule has 1 aliphatic heterocycles. The maximum absolute atomic E-state index is 12.3. The molecule has 1 saturated heterocycles. The van der Waals surface area contributed by atoms with Crippen LogP contribution in [0, 0.1) is 0 Å². The minimum absolute atomic E-state index is 0.0242. The SMILES string of the molecule is CC[C@H](C)NC(=O)c1ccccc1NC(=O)CCN1CCSC1=O. The number of hydrogen-bond donors (Lipinski definition) is 2. The summed E-state index contributed by atoms with van der Waals surface area (Å²) in [5.74, 6) is 0.369. The molecule has 0 bridgehead atoms. The molecule has 7 heteroatoms. The van der Waals surface area contributed by atoms with Gasteiger partial charge in [-0.05, 0) is 25.5 Å². The lowest BCUT2D eigenvalue weighted by Gasteiger charge is -2.16. The zero-order valence-electron chi connectivity index (χ0n) is 14.0. The highest BCUT2D eigenvalue weighted by atomic mass is 32.2. The molecule has 0 aliphatic carbocycles. The normalized spacial score (nSPS) is 15.2. The zero-order chi connectivity index (χ0) is 17.5. The fraction of sp³-hybridized carbons (Fsp3) is 0.471. The van der Waals surface area contributed by atoms with Crippen LogP contribution in [0.25, 0.3) is 0 Å². The number of para-hydroxylation sites is 1. The fourth-order valence-electron chi connectivity index (χ4n) is 2.27. The molecule has 0 spiro atoms. The molecule has 6 nitrogen and oxygen atoms in total. The van der Waals surface area contributed by atoms with E-state index < -0.39 is 0 Å². The Hall–Kier alpha value is -2.02. The van der Waals surface area contributed by atoms with E-state index in [2.05, 4.69) is 10.6 Å². The van der Waals surface area contributed by atoms with E-state index in [4.69, 9.17) is 0 Å². The fourth-order valence-corrected chi connectivity index (χ4v) is 3.12. The first-order chi connectivity index (χ1) is 11.5. The van der Waals surface area contributed by atoms with Crippen molar-refractivity contribution < 1.29 is 14.4 Å². The van der Waals surface area contributed by atoms with Crippen LogP contribution in [-0.2, 0) is 4.79 Å². The van der Waals surface area contributed by atoms with E-state index in [9.17, 15) is 14.4 Å². The maximum atomic E-state index is 12.3. The number of hydrogen-bond acceptors (Lipinski definition) is 4. The molecule has 1 aliphatic rings. The quantitative estimate of drug-likeness (QED) is 0.793. The van der Waals surface area contributed by atoms with Crippen LogP contribution in [0.2, 0.25) is 0 Å². The van der Waals surface area contributed by atoms with Gasteiger partial charge in [-0.2, -0.15) is 0 Å². The van der Waals surface area contributed by atoms with E-state index in [1.807, 2.05) is 13.8 Å². The van der Waals surface area contributed by atoms with Crippen LogP contribution >= 0.6 is 11.8 Å². The molecule has 1 atom stereocenters. The number of carbonyl (C=O) groups is 3. The third-order valence-electron chi connectivity index (χ3n) is 3.89. The van der Waals surface area contributed by atoms with Gasteiger partial charge in [-0.25, -0.2) is 0 Å². The summed E-state index contributed by atoms with van der Waals surface area (Å²) < 4.78 is 0. The van der Waals surface area contributed by atoms with Crippen LogP contribution in [0.1, 0.15) is 37.0 Å². The summed E-state index contributed by atoms with van der Waals surface area (Å²) in [4.78, 5) is 37.6. The Morgan fingerprint density at radius 2 is 2.08 bits per heavy atom. The maximum Gasteiger partial charge on any atom is 0.281 e. The Labute approximate surface area is 146 Å². The van der Waals surface area contributed by atoms with Crippen molar-refractivity contribution >= 4 is 34.5 Å². The van der Waals surface area contributed by atoms with Gasteiger partial charge in [-0.15, -0.1) is 0 Å². The molecular weight excluding hydrogens is 326 g/mol. The van der Waals surface area contributed by atoms with Gasteiger partial charge in [0.15, 0.2) is 0 Å². The van der Waals surface area contributed by atoms with Crippen molar-refractivity contribution in [1.82, 2.24) is 10.2 Å². The Morgan fingerprint density at radius 3 is 2.75 bits per heavy atom. The molecule has 1 heterocycles. The first-order valence-electron chi connectivity index (χ1n) is 8.12. The van der Waals surface area contributed by atoms with Crippen LogP contribution in [-0.4, -0.2) is 46.8 Å². The van der Waals surface area contributed by atoms with Crippen molar-refractivity contribution in [2.75, 3.05) is 24.2 Å². The van der Waals surface area contributed by atoms with Gasteiger partial charge < -0.3 is 15.5 Å². The van der Waals surface area contributed by atoms with Crippen molar-refractivity contribution in [1.29, 1.82) is 0 Å². The number of anilines is 1.